The first kappa shape index (κ1) is 17.6. The highest BCUT2D eigenvalue weighted by Gasteiger charge is 2.18. The normalized spacial score (nSPS) is 15.2. The van der Waals surface area contributed by atoms with Gasteiger partial charge in [0.2, 0.25) is 0 Å². The van der Waals surface area contributed by atoms with Gasteiger partial charge in [0, 0.05) is 24.3 Å². The zero-order chi connectivity index (χ0) is 18.8. The van der Waals surface area contributed by atoms with Gasteiger partial charge >= 0.3 is 0 Å². The minimum Gasteiger partial charge on any atom is -0.380 e. The first-order valence-corrected chi connectivity index (χ1v) is 9.48. The summed E-state index contributed by atoms with van der Waals surface area (Å²) >= 11 is 0. The van der Waals surface area contributed by atoms with Crippen LogP contribution in [0.5, 0.6) is 0 Å². The van der Waals surface area contributed by atoms with Crippen LogP contribution in [0.15, 0.2) is 60.7 Å². The van der Waals surface area contributed by atoms with Crippen molar-refractivity contribution in [1.82, 2.24) is 10.6 Å². The monoisotopic (exact) mass is 359 g/mol. The Labute approximate surface area is 160 Å². The maximum Gasteiger partial charge on any atom is 0.252 e. The van der Waals surface area contributed by atoms with E-state index in [1.54, 1.807) is 0 Å². The molecule has 1 amide bonds. The summed E-state index contributed by atoms with van der Waals surface area (Å²) in [7, 11) is 0. The molecule has 4 rings (SSSR count). The Morgan fingerprint density at radius 3 is 2.63 bits per heavy atom. The summed E-state index contributed by atoms with van der Waals surface area (Å²) in [5.41, 5.74) is 3.83. The first-order chi connectivity index (χ1) is 13.1. The minimum absolute atomic E-state index is 0.0386. The number of rotatable bonds is 5. The molecular weight excluding hydrogens is 334 g/mol. The van der Waals surface area contributed by atoms with Crippen molar-refractivity contribution in [3.05, 3.63) is 77.4 Å². The molecule has 0 radical (unpaired) electrons. The summed E-state index contributed by atoms with van der Waals surface area (Å²) in [5.74, 6) is -0.0386. The van der Waals surface area contributed by atoms with Gasteiger partial charge in [-0.1, -0.05) is 48.5 Å². The zero-order valence-electron chi connectivity index (χ0n) is 15.8. The average Bonchev–Trinajstić information content (AvgIpc) is 2.65. The fraction of sp³-hybridized carbons (Fsp3) is 0.261. The van der Waals surface area contributed by atoms with Crippen molar-refractivity contribution in [3.63, 3.8) is 0 Å². The second kappa shape index (κ2) is 7.41. The number of nitrogens with one attached hydrogen (secondary N) is 3. The molecule has 0 spiro atoms. The van der Waals surface area contributed by atoms with E-state index >= 15 is 0 Å². The molecule has 27 heavy (non-hydrogen) atoms. The third-order valence-corrected chi connectivity index (χ3v) is 5.27. The van der Waals surface area contributed by atoms with Crippen LogP contribution < -0.4 is 16.0 Å². The summed E-state index contributed by atoms with van der Waals surface area (Å²) in [6, 6.07) is 20.9. The largest absolute Gasteiger partial charge is 0.380 e. The number of carbonyl (C=O) groups is 1. The maximum atomic E-state index is 13.0. The zero-order valence-corrected chi connectivity index (χ0v) is 15.8. The first-order valence-electron chi connectivity index (χ1n) is 9.48. The van der Waals surface area contributed by atoms with E-state index in [0.717, 1.165) is 35.5 Å². The third-order valence-electron chi connectivity index (χ3n) is 5.27. The Hall–Kier alpha value is -2.85. The molecule has 4 heteroatoms. The molecule has 4 nitrogen and oxygen atoms in total. The van der Waals surface area contributed by atoms with Gasteiger partial charge in [-0.2, -0.15) is 0 Å². The molecule has 1 aliphatic rings. The van der Waals surface area contributed by atoms with Gasteiger partial charge in [-0.25, -0.2) is 0 Å². The highest BCUT2D eigenvalue weighted by Crippen LogP contribution is 2.25. The van der Waals surface area contributed by atoms with Gasteiger partial charge in [-0.3, -0.25) is 4.79 Å². The summed E-state index contributed by atoms with van der Waals surface area (Å²) in [6.45, 7) is 5.95. The van der Waals surface area contributed by atoms with Gasteiger partial charge < -0.3 is 16.0 Å². The van der Waals surface area contributed by atoms with E-state index in [-0.39, 0.29) is 11.9 Å². The van der Waals surface area contributed by atoms with E-state index in [0.29, 0.717) is 6.04 Å². The van der Waals surface area contributed by atoms with Crippen LogP contribution in [-0.2, 0) is 0 Å². The smallest absolute Gasteiger partial charge is 0.252 e. The van der Waals surface area contributed by atoms with Crippen LogP contribution in [-0.4, -0.2) is 25.0 Å². The van der Waals surface area contributed by atoms with Crippen molar-refractivity contribution in [3.8, 4) is 0 Å². The standard InChI is InChI=1S/C23H25N3O/c1-15-10-11-18(26-19-13-24-14-19)12-22(15)23(27)25-16(2)20-9-5-7-17-6-3-4-8-21(17)20/h3-12,16,19,24,26H,13-14H2,1-2H3,(H,25,27)/t16-/m1/s1. The van der Waals surface area contributed by atoms with Crippen molar-refractivity contribution < 1.29 is 4.79 Å². The van der Waals surface area contributed by atoms with Gasteiger partial charge in [-0.05, 0) is 47.9 Å². The van der Waals surface area contributed by atoms with Gasteiger partial charge in [-0.15, -0.1) is 0 Å². The predicted octanol–water partition coefficient (Wildman–Crippen LogP) is 4.02. The molecule has 1 atom stereocenters. The van der Waals surface area contributed by atoms with Gasteiger partial charge in [0.15, 0.2) is 0 Å². The van der Waals surface area contributed by atoms with E-state index in [1.165, 1.54) is 10.8 Å². The predicted molar refractivity (Wildman–Crippen MR) is 111 cm³/mol. The van der Waals surface area contributed by atoms with Crippen molar-refractivity contribution in [2.75, 3.05) is 18.4 Å². The minimum atomic E-state index is -0.0737. The highest BCUT2D eigenvalue weighted by atomic mass is 16.1. The molecule has 3 aromatic carbocycles. The highest BCUT2D eigenvalue weighted by molar-refractivity contribution is 5.97. The quantitative estimate of drug-likeness (QED) is 0.645. The molecule has 1 saturated heterocycles. The van der Waals surface area contributed by atoms with Crippen LogP contribution in [0.2, 0.25) is 0 Å². The lowest BCUT2D eigenvalue weighted by Crippen LogP contribution is -2.51. The molecule has 0 saturated carbocycles. The lowest BCUT2D eigenvalue weighted by molar-refractivity contribution is 0.0939. The number of fused-ring (bicyclic) bond motifs is 1. The number of amides is 1. The van der Waals surface area contributed by atoms with Gasteiger partial charge in [0.05, 0.1) is 12.1 Å². The molecule has 0 unspecified atom stereocenters. The van der Waals surface area contributed by atoms with E-state index < -0.39 is 0 Å². The number of anilines is 1. The molecule has 0 bridgehead atoms. The van der Waals surface area contributed by atoms with Crippen LogP contribution in [0.1, 0.15) is 34.5 Å². The van der Waals surface area contributed by atoms with Crippen LogP contribution in [0.3, 0.4) is 0 Å². The van der Waals surface area contributed by atoms with Gasteiger partial charge in [0.1, 0.15) is 0 Å². The Morgan fingerprint density at radius 1 is 1.07 bits per heavy atom. The molecule has 3 N–H and O–H groups in total. The molecule has 3 aromatic rings. The molecule has 0 aliphatic carbocycles. The lowest BCUT2D eigenvalue weighted by atomic mass is 9.99. The molecule has 1 aliphatic heterocycles. The number of aryl methyl sites for hydroxylation is 1. The Kier molecular flexibility index (Phi) is 4.82. The lowest BCUT2D eigenvalue weighted by Gasteiger charge is -2.29. The van der Waals surface area contributed by atoms with E-state index in [2.05, 4.69) is 40.2 Å². The second-order valence-electron chi connectivity index (χ2n) is 7.29. The average molecular weight is 359 g/mol. The molecule has 1 fully saturated rings. The molecular formula is C23H25N3O. The number of carbonyl (C=O) groups excluding carboxylic acids is 1. The third kappa shape index (κ3) is 3.67. The summed E-state index contributed by atoms with van der Waals surface area (Å²) in [4.78, 5) is 13.0. The van der Waals surface area contributed by atoms with Crippen molar-refractivity contribution >= 4 is 22.4 Å². The van der Waals surface area contributed by atoms with Crippen LogP contribution in [0.25, 0.3) is 10.8 Å². The molecule has 138 valence electrons. The van der Waals surface area contributed by atoms with Crippen molar-refractivity contribution in [1.29, 1.82) is 0 Å². The number of benzene rings is 3. The van der Waals surface area contributed by atoms with E-state index in [1.807, 2.05) is 50.2 Å². The summed E-state index contributed by atoms with van der Waals surface area (Å²) < 4.78 is 0. The number of hydrogen-bond donors (Lipinski definition) is 3. The topological polar surface area (TPSA) is 53.2 Å². The van der Waals surface area contributed by atoms with Crippen LogP contribution in [0, 0.1) is 6.92 Å². The Bertz CT molecular complexity index is 973. The number of hydrogen-bond acceptors (Lipinski definition) is 3. The van der Waals surface area contributed by atoms with Crippen molar-refractivity contribution in [2.24, 2.45) is 0 Å². The van der Waals surface area contributed by atoms with E-state index in [9.17, 15) is 4.79 Å². The second-order valence-corrected chi connectivity index (χ2v) is 7.29. The van der Waals surface area contributed by atoms with Crippen molar-refractivity contribution in [2.45, 2.75) is 25.9 Å². The Balaban J connectivity index is 1.55. The Morgan fingerprint density at radius 2 is 1.85 bits per heavy atom. The van der Waals surface area contributed by atoms with E-state index in [4.69, 9.17) is 0 Å². The molecule has 1 heterocycles. The van der Waals surface area contributed by atoms with Gasteiger partial charge in [0.25, 0.3) is 5.91 Å². The fourth-order valence-corrected chi connectivity index (χ4v) is 3.56. The molecule has 0 aromatic heterocycles. The maximum absolute atomic E-state index is 13.0. The summed E-state index contributed by atoms with van der Waals surface area (Å²) in [5, 5.41) is 12.3. The van der Waals surface area contributed by atoms with Crippen LogP contribution in [0.4, 0.5) is 5.69 Å². The summed E-state index contributed by atoms with van der Waals surface area (Å²) in [6.07, 6.45) is 0. The SMILES string of the molecule is Cc1ccc(NC2CNC2)cc1C(=O)N[C@H](C)c1cccc2ccccc12. The van der Waals surface area contributed by atoms with Crippen LogP contribution >= 0.6 is 0 Å². The fourth-order valence-electron chi connectivity index (χ4n) is 3.56.